The molecule has 92 valence electrons. The maximum absolute atomic E-state index is 10.6. The quantitative estimate of drug-likeness (QED) is 0.259. The number of hydrogen-bond acceptors (Lipinski definition) is 5. The lowest BCUT2D eigenvalue weighted by atomic mass is 10.3. The van der Waals surface area contributed by atoms with Crippen molar-refractivity contribution in [3.63, 3.8) is 0 Å². The number of aliphatic hydroxyl groups excluding tert-OH is 1. The number of hydrogen-bond donors (Lipinski definition) is 4. The van der Waals surface area contributed by atoms with Crippen LogP contribution in [-0.2, 0) is 9.53 Å². The smallest absolute Gasteiger partial charge is 0.370 e. The summed E-state index contributed by atoms with van der Waals surface area (Å²) < 4.78 is 4.58. The van der Waals surface area contributed by atoms with Crippen LogP contribution in [0.25, 0.3) is 0 Å². The van der Waals surface area contributed by atoms with Gasteiger partial charge in [0.2, 0.25) is 5.76 Å². The number of anilines is 2. The Morgan fingerprint density at radius 3 is 2.53 bits per heavy atom. The Kier molecular flexibility index (Phi) is 4.36. The standard InChI is InChI=1S/C11H14N2O4/c1-17-9(11(15)16)6-10(14)13-8-4-2-7(12)3-5-8/h2-6,10,13-14H,12H2,1H3,(H,15,16)/b9-6+. The molecule has 0 saturated carbocycles. The van der Waals surface area contributed by atoms with Gasteiger partial charge in [-0.05, 0) is 24.3 Å². The van der Waals surface area contributed by atoms with Crippen molar-refractivity contribution in [1.29, 1.82) is 0 Å². The fourth-order valence-electron chi connectivity index (χ4n) is 1.16. The topological polar surface area (TPSA) is 105 Å². The Morgan fingerprint density at radius 2 is 2.06 bits per heavy atom. The predicted octanol–water partition coefficient (Wildman–Crippen LogP) is 0.614. The van der Waals surface area contributed by atoms with E-state index in [4.69, 9.17) is 10.8 Å². The van der Waals surface area contributed by atoms with Crippen LogP contribution in [0.5, 0.6) is 0 Å². The minimum Gasteiger partial charge on any atom is -0.490 e. The van der Waals surface area contributed by atoms with Crippen molar-refractivity contribution in [2.24, 2.45) is 0 Å². The van der Waals surface area contributed by atoms with Crippen molar-refractivity contribution in [3.05, 3.63) is 36.1 Å². The van der Waals surface area contributed by atoms with Gasteiger partial charge in [-0.3, -0.25) is 0 Å². The number of ether oxygens (including phenoxy) is 1. The molecule has 0 heterocycles. The van der Waals surface area contributed by atoms with Gasteiger partial charge in [-0.25, -0.2) is 4.79 Å². The molecule has 1 atom stereocenters. The van der Waals surface area contributed by atoms with Crippen molar-refractivity contribution in [1.82, 2.24) is 0 Å². The first-order valence-corrected chi connectivity index (χ1v) is 4.82. The minimum absolute atomic E-state index is 0.333. The van der Waals surface area contributed by atoms with Crippen molar-refractivity contribution < 1.29 is 19.7 Å². The van der Waals surface area contributed by atoms with Gasteiger partial charge in [-0.2, -0.15) is 0 Å². The Hall–Kier alpha value is -2.21. The highest BCUT2D eigenvalue weighted by Gasteiger charge is 2.10. The van der Waals surface area contributed by atoms with Crippen molar-refractivity contribution in [2.75, 3.05) is 18.2 Å². The van der Waals surface area contributed by atoms with E-state index in [-0.39, 0.29) is 5.76 Å². The first kappa shape index (κ1) is 12.9. The normalized spacial score (nSPS) is 12.9. The van der Waals surface area contributed by atoms with E-state index in [1.807, 2.05) is 0 Å². The van der Waals surface area contributed by atoms with Gasteiger partial charge >= 0.3 is 5.97 Å². The lowest BCUT2D eigenvalue weighted by molar-refractivity contribution is -0.136. The number of benzene rings is 1. The summed E-state index contributed by atoms with van der Waals surface area (Å²) in [6, 6.07) is 6.65. The number of carboxylic acids is 1. The first-order valence-electron chi connectivity index (χ1n) is 4.82. The second kappa shape index (κ2) is 5.76. The Morgan fingerprint density at radius 1 is 1.47 bits per heavy atom. The third-order valence-corrected chi connectivity index (χ3v) is 1.97. The van der Waals surface area contributed by atoms with Gasteiger partial charge < -0.3 is 26.0 Å². The van der Waals surface area contributed by atoms with Crippen LogP contribution in [0.1, 0.15) is 0 Å². The number of nitrogens with two attached hydrogens (primary N) is 1. The number of carboxylic acid groups (broad SMARTS) is 1. The fourth-order valence-corrected chi connectivity index (χ4v) is 1.16. The second-order valence-corrected chi connectivity index (χ2v) is 3.25. The molecule has 1 aromatic carbocycles. The molecule has 6 heteroatoms. The zero-order valence-electron chi connectivity index (χ0n) is 9.25. The van der Waals surface area contributed by atoms with Crippen LogP contribution >= 0.6 is 0 Å². The van der Waals surface area contributed by atoms with Gasteiger partial charge in [-0.15, -0.1) is 0 Å². The molecule has 0 fully saturated rings. The first-order chi connectivity index (χ1) is 8.02. The highest BCUT2D eigenvalue weighted by Crippen LogP contribution is 2.12. The van der Waals surface area contributed by atoms with Gasteiger partial charge in [0.15, 0.2) is 0 Å². The van der Waals surface area contributed by atoms with Crippen molar-refractivity contribution >= 4 is 17.3 Å². The molecule has 1 unspecified atom stereocenters. The molecule has 0 aromatic heterocycles. The maximum Gasteiger partial charge on any atom is 0.370 e. The minimum atomic E-state index is -1.24. The van der Waals surface area contributed by atoms with Crippen molar-refractivity contribution in [3.8, 4) is 0 Å². The number of carbonyl (C=O) groups is 1. The van der Waals surface area contributed by atoms with Crippen LogP contribution in [0.15, 0.2) is 36.1 Å². The number of rotatable bonds is 5. The van der Waals surface area contributed by atoms with Crippen LogP contribution in [0.4, 0.5) is 11.4 Å². The molecule has 0 spiro atoms. The number of nitrogens with one attached hydrogen (secondary N) is 1. The number of methoxy groups -OCH3 is 1. The number of aliphatic hydroxyl groups is 1. The fraction of sp³-hybridized carbons (Fsp3) is 0.182. The maximum atomic E-state index is 10.6. The van der Waals surface area contributed by atoms with E-state index in [0.29, 0.717) is 11.4 Å². The lowest BCUT2D eigenvalue weighted by Crippen LogP contribution is -2.18. The van der Waals surface area contributed by atoms with Gasteiger partial charge in [0.05, 0.1) is 7.11 Å². The summed E-state index contributed by atoms with van der Waals surface area (Å²) in [5.74, 6) is -1.58. The van der Waals surface area contributed by atoms with E-state index in [1.165, 1.54) is 7.11 Å². The molecule has 5 N–H and O–H groups in total. The molecular weight excluding hydrogens is 224 g/mol. The van der Waals surface area contributed by atoms with Gasteiger partial charge in [0.1, 0.15) is 6.23 Å². The zero-order valence-corrected chi connectivity index (χ0v) is 9.25. The molecule has 0 bridgehead atoms. The molecule has 6 nitrogen and oxygen atoms in total. The van der Waals surface area contributed by atoms with E-state index in [1.54, 1.807) is 24.3 Å². The predicted molar refractivity (Wildman–Crippen MR) is 63.2 cm³/mol. The molecule has 0 saturated heterocycles. The number of nitrogen functional groups attached to an aromatic ring is 1. The van der Waals surface area contributed by atoms with E-state index < -0.39 is 12.2 Å². The number of aliphatic carboxylic acids is 1. The molecule has 1 aromatic rings. The lowest BCUT2D eigenvalue weighted by Gasteiger charge is -2.11. The van der Waals surface area contributed by atoms with Gasteiger partial charge in [0.25, 0.3) is 0 Å². The monoisotopic (exact) mass is 238 g/mol. The Balaban J connectivity index is 2.69. The van der Waals surface area contributed by atoms with E-state index in [0.717, 1.165) is 6.08 Å². The molecule has 17 heavy (non-hydrogen) atoms. The SMILES string of the molecule is CO/C(=C/C(O)Nc1ccc(N)cc1)C(=O)O. The third-order valence-electron chi connectivity index (χ3n) is 1.97. The molecule has 0 aliphatic heterocycles. The molecule has 0 aliphatic carbocycles. The summed E-state index contributed by atoms with van der Waals surface area (Å²) in [7, 11) is 1.22. The summed E-state index contributed by atoms with van der Waals surface area (Å²) in [5, 5.41) is 20.9. The summed E-state index contributed by atoms with van der Waals surface area (Å²) in [4.78, 5) is 10.6. The zero-order chi connectivity index (χ0) is 12.8. The second-order valence-electron chi connectivity index (χ2n) is 3.25. The van der Waals surface area contributed by atoms with E-state index in [2.05, 4.69) is 10.1 Å². The van der Waals surface area contributed by atoms with Crippen LogP contribution in [0.3, 0.4) is 0 Å². The summed E-state index contributed by atoms with van der Waals surface area (Å²) in [6.07, 6.45) is -0.108. The molecule has 1 rings (SSSR count). The van der Waals surface area contributed by atoms with E-state index >= 15 is 0 Å². The highest BCUT2D eigenvalue weighted by molar-refractivity contribution is 5.84. The van der Waals surface area contributed by atoms with E-state index in [9.17, 15) is 9.90 Å². The molecule has 0 amide bonds. The average Bonchev–Trinajstić information content (AvgIpc) is 2.28. The largest absolute Gasteiger partial charge is 0.490 e. The summed E-state index contributed by atoms with van der Waals surface area (Å²) >= 11 is 0. The van der Waals surface area contributed by atoms with Crippen molar-refractivity contribution in [2.45, 2.75) is 6.23 Å². The van der Waals surface area contributed by atoms with Crippen LogP contribution < -0.4 is 11.1 Å². The third kappa shape index (κ3) is 4.04. The highest BCUT2D eigenvalue weighted by atomic mass is 16.5. The van der Waals surface area contributed by atoms with Gasteiger partial charge in [-0.1, -0.05) is 0 Å². The van der Waals surface area contributed by atoms with Gasteiger partial charge in [0, 0.05) is 17.5 Å². The summed E-state index contributed by atoms with van der Waals surface area (Å²) in [6.45, 7) is 0. The Bertz CT molecular complexity index is 414. The molecule has 0 radical (unpaired) electrons. The summed E-state index contributed by atoms with van der Waals surface area (Å²) in [5.41, 5.74) is 6.71. The van der Waals surface area contributed by atoms with Crippen LogP contribution in [0, 0.1) is 0 Å². The van der Waals surface area contributed by atoms with Crippen LogP contribution in [-0.4, -0.2) is 29.5 Å². The molecular formula is C11H14N2O4. The average molecular weight is 238 g/mol. The van der Waals surface area contributed by atoms with Crippen LogP contribution in [0.2, 0.25) is 0 Å². The Labute approximate surface area is 98.3 Å². The molecule has 0 aliphatic rings.